The lowest BCUT2D eigenvalue weighted by atomic mass is 10.0. The van der Waals surface area contributed by atoms with Crippen molar-refractivity contribution in [1.82, 2.24) is 25.0 Å². The van der Waals surface area contributed by atoms with Crippen LogP contribution < -0.4 is 5.32 Å². The molecular weight excluding hydrogens is 362 g/mol. The fourth-order valence-electron chi connectivity index (χ4n) is 3.81. The van der Waals surface area contributed by atoms with Crippen molar-refractivity contribution >= 4 is 5.91 Å². The standard InChI is InChI=1S/C23H27N5O/c1-18-5-2-3-12-27(18)15-20-10-8-19(9-11-20)14-25-23(29)21-6-4-7-22(13-21)28-17-24-16-26-28/h4,6-11,13,16-18H,2-3,5,12,14-15H2,1H3,(H,25,29). The molecule has 1 fully saturated rings. The first-order valence-corrected chi connectivity index (χ1v) is 10.2. The third-order valence-corrected chi connectivity index (χ3v) is 5.59. The highest BCUT2D eigenvalue weighted by Gasteiger charge is 2.18. The number of carbonyl (C=O) groups excluding carboxylic acids is 1. The number of hydrogen-bond acceptors (Lipinski definition) is 4. The number of likely N-dealkylation sites (tertiary alicyclic amines) is 1. The van der Waals surface area contributed by atoms with Gasteiger partial charge in [0.2, 0.25) is 0 Å². The second-order valence-corrected chi connectivity index (χ2v) is 7.70. The van der Waals surface area contributed by atoms with Crippen molar-refractivity contribution in [3.63, 3.8) is 0 Å². The number of nitrogens with zero attached hydrogens (tertiary/aromatic N) is 4. The normalized spacial score (nSPS) is 17.2. The van der Waals surface area contributed by atoms with Crippen LogP contribution in [0.3, 0.4) is 0 Å². The van der Waals surface area contributed by atoms with Crippen molar-refractivity contribution in [2.45, 2.75) is 45.3 Å². The van der Waals surface area contributed by atoms with E-state index in [1.165, 1.54) is 37.7 Å². The van der Waals surface area contributed by atoms with Gasteiger partial charge in [-0.2, -0.15) is 5.10 Å². The maximum absolute atomic E-state index is 12.5. The molecule has 6 heteroatoms. The summed E-state index contributed by atoms with van der Waals surface area (Å²) in [6.45, 7) is 5.02. The van der Waals surface area contributed by atoms with Gasteiger partial charge in [-0.15, -0.1) is 0 Å². The van der Waals surface area contributed by atoms with Crippen LogP contribution in [-0.2, 0) is 13.1 Å². The Kier molecular flexibility index (Phi) is 6.00. The first-order chi connectivity index (χ1) is 14.2. The summed E-state index contributed by atoms with van der Waals surface area (Å²) in [7, 11) is 0. The Bertz CT molecular complexity index is 936. The molecule has 0 bridgehead atoms. The van der Waals surface area contributed by atoms with Crippen molar-refractivity contribution < 1.29 is 4.79 Å². The molecular formula is C23H27N5O. The van der Waals surface area contributed by atoms with E-state index < -0.39 is 0 Å². The summed E-state index contributed by atoms with van der Waals surface area (Å²) >= 11 is 0. The van der Waals surface area contributed by atoms with Crippen LogP contribution in [0.1, 0.15) is 47.7 Å². The monoisotopic (exact) mass is 389 g/mol. The second kappa shape index (κ2) is 9.01. The summed E-state index contributed by atoms with van der Waals surface area (Å²) in [5.41, 5.74) is 3.84. The molecule has 1 amide bonds. The molecule has 1 aromatic heterocycles. The number of carbonyl (C=O) groups is 1. The fraction of sp³-hybridized carbons (Fsp3) is 0.348. The molecule has 29 heavy (non-hydrogen) atoms. The van der Waals surface area contributed by atoms with Crippen LogP contribution in [0.2, 0.25) is 0 Å². The average molecular weight is 390 g/mol. The lowest BCUT2D eigenvalue weighted by molar-refractivity contribution is 0.0951. The highest BCUT2D eigenvalue weighted by atomic mass is 16.1. The van der Waals surface area contributed by atoms with Gasteiger partial charge in [-0.3, -0.25) is 9.69 Å². The second-order valence-electron chi connectivity index (χ2n) is 7.70. The van der Waals surface area contributed by atoms with Gasteiger partial charge < -0.3 is 5.32 Å². The number of rotatable bonds is 6. The molecule has 2 heterocycles. The minimum Gasteiger partial charge on any atom is -0.348 e. The van der Waals surface area contributed by atoms with E-state index in [-0.39, 0.29) is 5.91 Å². The lowest BCUT2D eigenvalue weighted by Crippen LogP contribution is -2.36. The fourth-order valence-corrected chi connectivity index (χ4v) is 3.81. The van der Waals surface area contributed by atoms with Gasteiger partial charge in [-0.25, -0.2) is 9.67 Å². The number of benzene rings is 2. The lowest BCUT2D eigenvalue weighted by Gasteiger charge is -2.33. The van der Waals surface area contributed by atoms with Gasteiger partial charge in [0.05, 0.1) is 5.69 Å². The highest BCUT2D eigenvalue weighted by Crippen LogP contribution is 2.19. The van der Waals surface area contributed by atoms with Crippen LogP contribution in [0.25, 0.3) is 5.69 Å². The minimum absolute atomic E-state index is 0.0989. The Morgan fingerprint density at radius 2 is 1.97 bits per heavy atom. The maximum Gasteiger partial charge on any atom is 0.251 e. The largest absolute Gasteiger partial charge is 0.348 e. The van der Waals surface area contributed by atoms with Crippen LogP contribution in [0.5, 0.6) is 0 Å². The molecule has 0 aliphatic carbocycles. The zero-order valence-electron chi connectivity index (χ0n) is 16.8. The number of piperidine rings is 1. The Morgan fingerprint density at radius 1 is 1.14 bits per heavy atom. The van der Waals surface area contributed by atoms with Gasteiger partial charge >= 0.3 is 0 Å². The van der Waals surface area contributed by atoms with Crippen molar-refractivity contribution in [3.05, 3.63) is 77.9 Å². The molecule has 1 aliphatic heterocycles. The van der Waals surface area contributed by atoms with Gasteiger partial charge in [0, 0.05) is 24.7 Å². The van der Waals surface area contributed by atoms with Gasteiger partial charge in [-0.05, 0) is 55.6 Å². The topological polar surface area (TPSA) is 63.1 Å². The van der Waals surface area contributed by atoms with Crippen molar-refractivity contribution in [2.24, 2.45) is 0 Å². The third-order valence-electron chi connectivity index (χ3n) is 5.59. The number of amides is 1. The van der Waals surface area contributed by atoms with Crippen LogP contribution in [0.4, 0.5) is 0 Å². The molecule has 1 atom stereocenters. The predicted molar refractivity (Wildman–Crippen MR) is 113 cm³/mol. The molecule has 3 aromatic rings. The number of hydrogen-bond donors (Lipinski definition) is 1. The van der Waals surface area contributed by atoms with E-state index in [0.717, 1.165) is 17.8 Å². The molecule has 1 aliphatic rings. The molecule has 0 radical (unpaired) electrons. The molecule has 0 saturated carbocycles. The molecule has 150 valence electrons. The van der Waals surface area contributed by atoms with E-state index in [1.54, 1.807) is 17.1 Å². The van der Waals surface area contributed by atoms with Gasteiger partial charge in [-0.1, -0.05) is 36.8 Å². The summed E-state index contributed by atoms with van der Waals surface area (Å²) in [6, 6.07) is 16.6. The SMILES string of the molecule is CC1CCCCN1Cc1ccc(CNC(=O)c2cccc(-n3cncn3)c2)cc1. The highest BCUT2D eigenvalue weighted by molar-refractivity contribution is 5.94. The zero-order valence-corrected chi connectivity index (χ0v) is 16.8. The van der Waals surface area contributed by atoms with E-state index in [9.17, 15) is 4.79 Å². The molecule has 1 unspecified atom stereocenters. The summed E-state index contributed by atoms with van der Waals surface area (Å²) in [5.74, 6) is -0.0989. The quantitative estimate of drug-likeness (QED) is 0.700. The summed E-state index contributed by atoms with van der Waals surface area (Å²) < 4.78 is 1.64. The summed E-state index contributed by atoms with van der Waals surface area (Å²) in [6.07, 6.45) is 7.03. The van der Waals surface area contributed by atoms with Crippen LogP contribution in [0.15, 0.2) is 61.2 Å². The van der Waals surface area contributed by atoms with E-state index in [4.69, 9.17) is 0 Å². The third kappa shape index (κ3) is 4.90. The Labute approximate surface area is 171 Å². The first-order valence-electron chi connectivity index (χ1n) is 10.2. The molecule has 1 N–H and O–H groups in total. The Hall–Kier alpha value is -2.99. The van der Waals surface area contributed by atoms with Crippen molar-refractivity contribution in [2.75, 3.05) is 6.54 Å². The first kappa shape index (κ1) is 19.3. The molecule has 0 spiro atoms. The summed E-state index contributed by atoms with van der Waals surface area (Å²) in [4.78, 5) is 19.0. The van der Waals surface area contributed by atoms with Gasteiger partial charge in [0.1, 0.15) is 12.7 Å². The number of aromatic nitrogens is 3. The molecule has 4 rings (SSSR count). The summed E-state index contributed by atoms with van der Waals surface area (Å²) in [5, 5.41) is 7.11. The molecule has 6 nitrogen and oxygen atoms in total. The van der Waals surface area contributed by atoms with Crippen LogP contribution in [-0.4, -0.2) is 38.2 Å². The van der Waals surface area contributed by atoms with E-state index >= 15 is 0 Å². The van der Waals surface area contributed by atoms with Crippen LogP contribution in [0, 0.1) is 0 Å². The van der Waals surface area contributed by atoms with E-state index in [0.29, 0.717) is 18.2 Å². The minimum atomic E-state index is -0.0989. The van der Waals surface area contributed by atoms with Gasteiger partial charge in [0.25, 0.3) is 5.91 Å². The van der Waals surface area contributed by atoms with E-state index in [1.807, 2.05) is 18.2 Å². The van der Waals surface area contributed by atoms with E-state index in [2.05, 4.69) is 51.5 Å². The maximum atomic E-state index is 12.5. The average Bonchev–Trinajstić information content (AvgIpc) is 3.30. The molecule has 1 saturated heterocycles. The smallest absolute Gasteiger partial charge is 0.251 e. The Morgan fingerprint density at radius 3 is 2.72 bits per heavy atom. The van der Waals surface area contributed by atoms with Crippen LogP contribution >= 0.6 is 0 Å². The van der Waals surface area contributed by atoms with Gasteiger partial charge in [0.15, 0.2) is 0 Å². The Balaban J connectivity index is 1.33. The van der Waals surface area contributed by atoms with Crippen molar-refractivity contribution in [1.29, 1.82) is 0 Å². The predicted octanol–water partition coefficient (Wildman–Crippen LogP) is 3.57. The zero-order chi connectivity index (χ0) is 20.1. The molecule has 2 aromatic carbocycles. The van der Waals surface area contributed by atoms with Crippen molar-refractivity contribution in [3.8, 4) is 5.69 Å². The number of nitrogens with one attached hydrogen (secondary N) is 1.